The number of Topliss-reactive ketones (excluding diaryl/α,β-unsaturated/α-hetero) is 1. The first-order chi connectivity index (χ1) is 19.3. The number of alkyl halides is 2. The van der Waals surface area contributed by atoms with Crippen LogP contribution in [-0.2, 0) is 14.8 Å². The molecular weight excluding hydrogens is 544 g/mol. The summed E-state index contributed by atoms with van der Waals surface area (Å²) < 4.78 is 52.8. The molecule has 0 amide bonds. The molecule has 2 aliphatic rings. The van der Waals surface area contributed by atoms with E-state index in [9.17, 15) is 22.0 Å². The Morgan fingerprint density at radius 1 is 1.02 bits per heavy atom. The molecule has 40 heavy (non-hydrogen) atoms. The van der Waals surface area contributed by atoms with E-state index in [0.717, 1.165) is 4.09 Å². The van der Waals surface area contributed by atoms with Gasteiger partial charge in [0.1, 0.15) is 17.4 Å². The van der Waals surface area contributed by atoms with Gasteiger partial charge >= 0.3 is 6.55 Å². The largest absolute Gasteiger partial charge is 0.382 e. The van der Waals surface area contributed by atoms with E-state index in [-0.39, 0.29) is 17.6 Å². The van der Waals surface area contributed by atoms with E-state index in [4.69, 9.17) is 0 Å². The second kappa shape index (κ2) is 10.4. The minimum Gasteiger partial charge on any atom is -0.382 e. The summed E-state index contributed by atoms with van der Waals surface area (Å²) in [6.07, 6.45) is 10.6. The van der Waals surface area contributed by atoms with Crippen LogP contribution in [-0.4, -0.2) is 59.4 Å². The summed E-state index contributed by atoms with van der Waals surface area (Å²) in [6.45, 7) is -2.77. The molecule has 12 nitrogen and oxygen atoms in total. The van der Waals surface area contributed by atoms with Gasteiger partial charge < -0.3 is 10.6 Å². The molecule has 4 aromatic heterocycles. The summed E-state index contributed by atoms with van der Waals surface area (Å²) >= 11 is 0. The number of hydrogen-bond donors (Lipinski definition) is 2. The molecule has 2 saturated carbocycles. The monoisotopic (exact) mass is 569 g/mol. The van der Waals surface area contributed by atoms with Crippen molar-refractivity contribution >= 4 is 33.1 Å². The van der Waals surface area contributed by atoms with Crippen LogP contribution < -0.4 is 10.6 Å². The lowest BCUT2D eigenvalue weighted by Gasteiger charge is -2.24. The molecule has 0 bridgehead atoms. The van der Waals surface area contributed by atoms with Gasteiger partial charge in [-0.15, -0.1) is 0 Å². The number of rotatable bonds is 9. The Bertz CT molecular complexity index is 1660. The van der Waals surface area contributed by atoms with E-state index in [1.54, 1.807) is 12.1 Å². The maximum Gasteiger partial charge on any atom is 0.333 e. The Morgan fingerprint density at radius 2 is 1.82 bits per heavy atom. The van der Waals surface area contributed by atoms with Crippen LogP contribution in [0.5, 0.6) is 0 Å². The van der Waals surface area contributed by atoms with Crippen LogP contribution in [0.1, 0.15) is 45.1 Å². The summed E-state index contributed by atoms with van der Waals surface area (Å²) in [7, 11) is -3.51. The SMILES string of the molecule is O=C1CCC(Nc2cc(Nc3ccnc(-c4cnn(S(=O)(=O)C5CC5)c4)n3)ncc2-c2ccn(C(F)F)n2)CC1. The van der Waals surface area contributed by atoms with Gasteiger partial charge in [-0.05, 0) is 37.8 Å². The number of nitrogens with zero attached hydrogens (tertiary/aromatic N) is 7. The van der Waals surface area contributed by atoms with E-state index in [2.05, 4.69) is 35.8 Å². The number of pyridine rings is 1. The maximum absolute atomic E-state index is 13.1. The minimum atomic E-state index is -3.51. The number of ketones is 1. The Balaban J connectivity index is 1.26. The van der Waals surface area contributed by atoms with Crippen molar-refractivity contribution in [2.24, 2.45) is 0 Å². The lowest BCUT2D eigenvalue weighted by atomic mass is 9.94. The third-order valence-electron chi connectivity index (χ3n) is 6.83. The molecule has 6 rings (SSSR count). The standard InChI is InChI=1S/C25H25F2N9O3S/c26-25(27)35-10-8-20(34-35)19-13-29-23(11-21(19)31-16-1-3-17(37)4-2-16)32-22-7-9-28-24(33-22)15-12-30-36(14-15)40(38,39)18-5-6-18/h7-14,16,18,25H,1-6H2,(H2,28,29,31,32,33). The van der Waals surface area contributed by atoms with Crippen molar-refractivity contribution in [1.29, 1.82) is 0 Å². The van der Waals surface area contributed by atoms with Crippen molar-refractivity contribution in [2.75, 3.05) is 10.6 Å². The molecular formula is C25H25F2N9O3S. The molecule has 0 atom stereocenters. The molecule has 4 aromatic rings. The molecule has 0 unspecified atom stereocenters. The van der Waals surface area contributed by atoms with Gasteiger partial charge in [-0.25, -0.2) is 28.1 Å². The first-order valence-electron chi connectivity index (χ1n) is 12.8. The molecule has 2 aliphatic carbocycles. The van der Waals surface area contributed by atoms with Gasteiger partial charge in [-0.3, -0.25) is 4.79 Å². The number of anilines is 3. The van der Waals surface area contributed by atoms with Crippen molar-refractivity contribution < 1.29 is 22.0 Å². The second-order valence-corrected chi connectivity index (χ2v) is 11.8. The van der Waals surface area contributed by atoms with Crippen molar-refractivity contribution in [3.63, 3.8) is 0 Å². The topological polar surface area (TPSA) is 150 Å². The van der Waals surface area contributed by atoms with Gasteiger partial charge in [0.15, 0.2) is 5.82 Å². The van der Waals surface area contributed by atoms with Crippen LogP contribution in [0.2, 0.25) is 0 Å². The van der Waals surface area contributed by atoms with Gasteiger partial charge in [0.05, 0.1) is 28.9 Å². The molecule has 4 heterocycles. The Morgan fingerprint density at radius 3 is 2.55 bits per heavy atom. The van der Waals surface area contributed by atoms with Gasteiger partial charge in [0.2, 0.25) is 0 Å². The third-order valence-corrected chi connectivity index (χ3v) is 8.86. The van der Waals surface area contributed by atoms with E-state index in [1.807, 2.05) is 0 Å². The van der Waals surface area contributed by atoms with Crippen LogP contribution >= 0.6 is 0 Å². The zero-order valence-electron chi connectivity index (χ0n) is 21.1. The lowest BCUT2D eigenvalue weighted by Crippen LogP contribution is -2.26. The highest BCUT2D eigenvalue weighted by Crippen LogP contribution is 2.33. The third kappa shape index (κ3) is 5.41. The molecule has 0 aromatic carbocycles. The van der Waals surface area contributed by atoms with Crippen molar-refractivity contribution in [1.82, 2.24) is 33.9 Å². The van der Waals surface area contributed by atoms with Crippen molar-refractivity contribution in [3.8, 4) is 22.6 Å². The quantitative estimate of drug-likeness (QED) is 0.303. The van der Waals surface area contributed by atoms with Crippen molar-refractivity contribution in [3.05, 3.63) is 49.2 Å². The number of aromatic nitrogens is 7. The first-order valence-corrected chi connectivity index (χ1v) is 14.3. The zero-order valence-corrected chi connectivity index (χ0v) is 21.9. The average molecular weight is 570 g/mol. The number of hydrogen-bond acceptors (Lipinski definition) is 10. The van der Waals surface area contributed by atoms with Gasteiger partial charge in [-0.1, -0.05) is 0 Å². The Kier molecular flexibility index (Phi) is 6.73. The van der Waals surface area contributed by atoms with E-state index in [1.165, 1.54) is 37.1 Å². The highest BCUT2D eigenvalue weighted by Gasteiger charge is 2.37. The van der Waals surface area contributed by atoms with Gasteiger partial charge in [0.25, 0.3) is 10.0 Å². The molecule has 2 fully saturated rings. The van der Waals surface area contributed by atoms with Crippen LogP contribution in [0.15, 0.2) is 49.2 Å². The first kappa shape index (κ1) is 26.0. The average Bonchev–Trinajstić information content (AvgIpc) is 3.48. The molecule has 0 aliphatic heterocycles. The molecule has 0 spiro atoms. The number of halogens is 2. The van der Waals surface area contributed by atoms with Crippen LogP contribution in [0.4, 0.5) is 26.1 Å². The summed E-state index contributed by atoms with van der Waals surface area (Å²) in [6, 6.07) is 4.88. The van der Waals surface area contributed by atoms with E-state index < -0.39 is 21.8 Å². The number of nitrogens with one attached hydrogen (secondary N) is 2. The number of carbonyl (C=O) groups is 1. The fourth-order valence-electron chi connectivity index (χ4n) is 4.52. The van der Waals surface area contributed by atoms with E-state index in [0.29, 0.717) is 77.4 Å². The fraction of sp³-hybridized carbons (Fsp3) is 0.360. The summed E-state index contributed by atoms with van der Waals surface area (Å²) in [5.74, 6) is 1.32. The predicted octanol–water partition coefficient (Wildman–Crippen LogP) is 4.00. The molecule has 2 N–H and O–H groups in total. The molecule has 208 valence electrons. The molecule has 15 heteroatoms. The lowest BCUT2D eigenvalue weighted by molar-refractivity contribution is -0.120. The van der Waals surface area contributed by atoms with Crippen LogP contribution in [0.25, 0.3) is 22.6 Å². The van der Waals surface area contributed by atoms with Crippen molar-refractivity contribution in [2.45, 2.75) is 56.4 Å². The number of carbonyl (C=O) groups excluding carboxylic acids is 1. The fourth-order valence-corrected chi connectivity index (χ4v) is 5.99. The highest BCUT2D eigenvalue weighted by molar-refractivity contribution is 7.90. The van der Waals surface area contributed by atoms with Gasteiger partial charge in [0, 0.05) is 54.8 Å². The van der Waals surface area contributed by atoms with Crippen LogP contribution in [0.3, 0.4) is 0 Å². The summed E-state index contributed by atoms with van der Waals surface area (Å²) in [4.78, 5) is 24.9. The minimum absolute atomic E-state index is 0.0259. The second-order valence-electron chi connectivity index (χ2n) is 9.77. The predicted molar refractivity (Wildman–Crippen MR) is 141 cm³/mol. The summed E-state index contributed by atoms with van der Waals surface area (Å²) in [5.41, 5.74) is 1.93. The van der Waals surface area contributed by atoms with Gasteiger partial charge in [-0.2, -0.15) is 23.1 Å². The summed E-state index contributed by atoms with van der Waals surface area (Å²) in [5, 5.41) is 14.1. The molecule has 0 radical (unpaired) electrons. The maximum atomic E-state index is 13.1. The zero-order chi connectivity index (χ0) is 27.9. The normalized spacial score (nSPS) is 16.4. The smallest absolute Gasteiger partial charge is 0.333 e. The Hall–Kier alpha value is -4.27. The highest BCUT2D eigenvalue weighted by atomic mass is 32.2. The van der Waals surface area contributed by atoms with E-state index >= 15 is 0 Å². The molecule has 0 saturated heterocycles. The Labute approximate surface area is 227 Å². The van der Waals surface area contributed by atoms with Crippen LogP contribution in [0, 0.1) is 0 Å².